The number of aliphatic hydroxyl groups is 1. The van der Waals surface area contributed by atoms with E-state index >= 15 is 0 Å². The highest BCUT2D eigenvalue weighted by molar-refractivity contribution is 6.03. The number of hydrogen-bond acceptors (Lipinski definition) is 4. The van der Waals surface area contributed by atoms with Crippen molar-refractivity contribution in [1.29, 1.82) is 0 Å². The van der Waals surface area contributed by atoms with Crippen molar-refractivity contribution in [1.82, 2.24) is 4.90 Å². The number of carbonyl (C=O) groups excluding carboxylic acids is 1. The first-order valence-corrected chi connectivity index (χ1v) is 6.93. The Labute approximate surface area is 122 Å². The van der Waals surface area contributed by atoms with Gasteiger partial charge in [0.2, 0.25) is 0 Å². The smallest absolute Gasteiger partial charge is 0.257 e. The molecule has 2 aromatic carbocycles. The van der Waals surface area contributed by atoms with Crippen LogP contribution in [0.5, 0.6) is 5.75 Å². The summed E-state index contributed by atoms with van der Waals surface area (Å²) in [5, 5.41) is 21.0. The first-order valence-electron chi connectivity index (χ1n) is 6.93. The van der Waals surface area contributed by atoms with E-state index in [4.69, 9.17) is 9.84 Å². The fraction of sp³-hybridized carbons (Fsp3) is 0.312. The Morgan fingerprint density at radius 2 is 2.10 bits per heavy atom. The average molecular weight is 287 g/mol. The molecule has 3 rings (SSSR count). The van der Waals surface area contributed by atoms with Crippen LogP contribution < -0.4 is 0 Å². The standard InChI is InChI=1S/C16H17NO4/c18-10-12-9-17(7-8-21-12)16(20)14-6-5-11-3-1-2-4-13(11)15(14)19/h1-6,12,18-19H,7-10H2. The van der Waals surface area contributed by atoms with Gasteiger partial charge in [0.25, 0.3) is 5.91 Å². The average Bonchev–Trinajstić information content (AvgIpc) is 2.55. The molecule has 110 valence electrons. The van der Waals surface area contributed by atoms with Gasteiger partial charge in [-0.2, -0.15) is 0 Å². The molecule has 21 heavy (non-hydrogen) atoms. The number of phenolic OH excluding ortho intramolecular Hbond substituents is 1. The summed E-state index contributed by atoms with van der Waals surface area (Å²) in [6.45, 7) is 1.07. The fourth-order valence-electron chi connectivity index (χ4n) is 2.61. The third-order valence-corrected chi connectivity index (χ3v) is 3.76. The van der Waals surface area contributed by atoms with Gasteiger partial charge >= 0.3 is 0 Å². The van der Waals surface area contributed by atoms with Gasteiger partial charge in [0.1, 0.15) is 5.75 Å². The van der Waals surface area contributed by atoms with Crippen molar-refractivity contribution in [2.45, 2.75) is 6.10 Å². The van der Waals surface area contributed by atoms with Crippen molar-refractivity contribution in [3.8, 4) is 5.75 Å². The van der Waals surface area contributed by atoms with Crippen LogP contribution in [0.2, 0.25) is 0 Å². The van der Waals surface area contributed by atoms with Crippen LogP contribution in [-0.2, 0) is 4.74 Å². The number of amides is 1. The molecule has 0 radical (unpaired) electrons. The number of carbonyl (C=O) groups is 1. The van der Waals surface area contributed by atoms with Crippen LogP contribution in [0.1, 0.15) is 10.4 Å². The van der Waals surface area contributed by atoms with E-state index in [1.165, 1.54) is 0 Å². The van der Waals surface area contributed by atoms with Crippen molar-refractivity contribution in [2.24, 2.45) is 0 Å². The Morgan fingerprint density at radius 3 is 2.90 bits per heavy atom. The molecule has 5 nitrogen and oxygen atoms in total. The SMILES string of the molecule is O=C(c1ccc2ccccc2c1O)N1CCOC(CO)C1. The van der Waals surface area contributed by atoms with Crippen molar-refractivity contribution in [3.63, 3.8) is 0 Å². The van der Waals surface area contributed by atoms with Crippen LogP contribution in [0.15, 0.2) is 36.4 Å². The number of ether oxygens (including phenoxy) is 1. The molecule has 0 saturated carbocycles. The molecule has 1 aliphatic rings. The molecule has 0 aromatic heterocycles. The molecule has 1 aliphatic heterocycles. The van der Waals surface area contributed by atoms with Crippen molar-refractivity contribution in [2.75, 3.05) is 26.3 Å². The number of nitrogens with zero attached hydrogens (tertiary/aromatic N) is 1. The normalized spacial score (nSPS) is 18.9. The number of hydrogen-bond donors (Lipinski definition) is 2. The minimum Gasteiger partial charge on any atom is -0.506 e. The maximum Gasteiger partial charge on any atom is 0.257 e. The zero-order valence-corrected chi connectivity index (χ0v) is 11.5. The molecule has 1 fully saturated rings. The van der Waals surface area contributed by atoms with Crippen molar-refractivity contribution >= 4 is 16.7 Å². The summed E-state index contributed by atoms with van der Waals surface area (Å²) in [6, 6.07) is 10.9. The number of aliphatic hydroxyl groups excluding tert-OH is 1. The van der Waals surface area contributed by atoms with Gasteiger partial charge in [-0.3, -0.25) is 4.79 Å². The van der Waals surface area contributed by atoms with Crippen LogP contribution in [0.3, 0.4) is 0 Å². The molecule has 0 spiro atoms. The largest absolute Gasteiger partial charge is 0.506 e. The van der Waals surface area contributed by atoms with Crippen LogP contribution >= 0.6 is 0 Å². The van der Waals surface area contributed by atoms with Gasteiger partial charge < -0.3 is 19.8 Å². The second-order valence-corrected chi connectivity index (χ2v) is 5.11. The highest BCUT2D eigenvalue weighted by atomic mass is 16.5. The summed E-state index contributed by atoms with van der Waals surface area (Å²) < 4.78 is 5.34. The molecular formula is C16H17NO4. The third-order valence-electron chi connectivity index (χ3n) is 3.76. The number of fused-ring (bicyclic) bond motifs is 1. The Kier molecular flexibility index (Phi) is 3.77. The zero-order chi connectivity index (χ0) is 14.8. The predicted molar refractivity (Wildman–Crippen MR) is 78.3 cm³/mol. The molecule has 1 saturated heterocycles. The van der Waals surface area contributed by atoms with Gasteiger partial charge in [-0.05, 0) is 11.5 Å². The summed E-state index contributed by atoms with van der Waals surface area (Å²) in [7, 11) is 0. The van der Waals surface area contributed by atoms with E-state index in [-0.39, 0.29) is 29.9 Å². The van der Waals surface area contributed by atoms with E-state index in [1.807, 2.05) is 24.3 Å². The summed E-state index contributed by atoms with van der Waals surface area (Å²) in [6.07, 6.45) is -0.356. The Hall–Kier alpha value is -2.11. The number of phenols is 1. The monoisotopic (exact) mass is 287 g/mol. The molecule has 1 heterocycles. The maximum absolute atomic E-state index is 12.6. The van der Waals surface area contributed by atoms with E-state index < -0.39 is 0 Å². The molecule has 2 aromatic rings. The molecule has 1 amide bonds. The predicted octanol–water partition coefficient (Wildman–Crippen LogP) is 1.38. The molecule has 5 heteroatoms. The minimum absolute atomic E-state index is 0.00476. The number of aromatic hydroxyl groups is 1. The molecule has 0 aliphatic carbocycles. The van der Waals surface area contributed by atoms with Crippen LogP contribution in [-0.4, -0.2) is 53.4 Å². The Morgan fingerprint density at radius 1 is 1.29 bits per heavy atom. The topological polar surface area (TPSA) is 70.0 Å². The Balaban J connectivity index is 1.92. The summed E-state index contributed by atoms with van der Waals surface area (Å²) in [5.41, 5.74) is 0.285. The number of benzene rings is 2. The van der Waals surface area contributed by atoms with Gasteiger partial charge in [-0.25, -0.2) is 0 Å². The summed E-state index contributed by atoms with van der Waals surface area (Å²) >= 11 is 0. The zero-order valence-electron chi connectivity index (χ0n) is 11.5. The lowest BCUT2D eigenvalue weighted by molar-refractivity contribution is -0.0447. The second-order valence-electron chi connectivity index (χ2n) is 5.11. The number of morpholine rings is 1. The summed E-state index contributed by atoms with van der Waals surface area (Å²) in [4.78, 5) is 14.2. The van der Waals surface area contributed by atoms with Crippen LogP contribution in [0.25, 0.3) is 10.8 Å². The lowest BCUT2D eigenvalue weighted by Crippen LogP contribution is -2.46. The van der Waals surface area contributed by atoms with E-state index in [0.29, 0.717) is 25.1 Å². The fourth-order valence-corrected chi connectivity index (χ4v) is 2.61. The van der Waals surface area contributed by atoms with Gasteiger partial charge in [-0.1, -0.05) is 30.3 Å². The molecule has 1 unspecified atom stereocenters. The van der Waals surface area contributed by atoms with E-state index in [1.54, 1.807) is 17.0 Å². The first-order chi connectivity index (χ1) is 10.2. The van der Waals surface area contributed by atoms with Crippen LogP contribution in [0.4, 0.5) is 0 Å². The molecule has 2 N–H and O–H groups in total. The lowest BCUT2D eigenvalue weighted by atomic mass is 10.0. The number of rotatable bonds is 2. The van der Waals surface area contributed by atoms with Crippen molar-refractivity contribution < 1.29 is 19.7 Å². The molecule has 0 bridgehead atoms. The van der Waals surface area contributed by atoms with Gasteiger partial charge in [0.05, 0.1) is 24.9 Å². The lowest BCUT2D eigenvalue weighted by Gasteiger charge is -2.32. The highest BCUT2D eigenvalue weighted by Crippen LogP contribution is 2.29. The Bertz CT molecular complexity index is 670. The van der Waals surface area contributed by atoms with Gasteiger partial charge in [0.15, 0.2) is 0 Å². The highest BCUT2D eigenvalue weighted by Gasteiger charge is 2.26. The first kappa shape index (κ1) is 13.9. The maximum atomic E-state index is 12.6. The van der Waals surface area contributed by atoms with Gasteiger partial charge in [0, 0.05) is 18.5 Å². The van der Waals surface area contributed by atoms with E-state index in [2.05, 4.69) is 0 Å². The van der Waals surface area contributed by atoms with Crippen molar-refractivity contribution in [3.05, 3.63) is 42.0 Å². The molecule has 1 atom stereocenters. The van der Waals surface area contributed by atoms with E-state index in [0.717, 1.165) is 5.39 Å². The van der Waals surface area contributed by atoms with Crippen LogP contribution in [0, 0.1) is 0 Å². The van der Waals surface area contributed by atoms with E-state index in [9.17, 15) is 9.90 Å². The minimum atomic E-state index is -0.356. The quantitative estimate of drug-likeness (QED) is 0.875. The molecular weight excluding hydrogens is 270 g/mol. The third kappa shape index (κ3) is 2.57. The van der Waals surface area contributed by atoms with Gasteiger partial charge in [-0.15, -0.1) is 0 Å². The summed E-state index contributed by atoms with van der Waals surface area (Å²) in [5.74, 6) is -0.231. The second kappa shape index (κ2) is 5.71.